The molecule has 1 rings (SSSR count). The van der Waals surface area contributed by atoms with Gasteiger partial charge in [0, 0.05) is 6.61 Å². The minimum atomic E-state index is 0.697. The molecule has 0 bridgehead atoms. The van der Waals surface area contributed by atoms with Crippen molar-refractivity contribution in [1.82, 2.24) is 0 Å². The summed E-state index contributed by atoms with van der Waals surface area (Å²) >= 11 is 0. The number of ether oxygens (including phenoxy) is 2. The maximum Gasteiger partial charge on any atom is 0.0700 e. The lowest BCUT2D eigenvalue weighted by molar-refractivity contribution is 0.0479. The maximum atomic E-state index is 5.48. The Hall–Kier alpha value is -0.860. The second-order valence-electron chi connectivity index (χ2n) is 3.74. The van der Waals surface area contributed by atoms with Crippen molar-refractivity contribution in [3.63, 3.8) is 0 Å². The van der Waals surface area contributed by atoms with Crippen LogP contribution in [0, 0.1) is 6.07 Å². The minimum absolute atomic E-state index is 0.697. The van der Waals surface area contributed by atoms with Crippen molar-refractivity contribution < 1.29 is 9.47 Å². The van der Waals surface area contributed by atoms with Gasteiger partial charge in [0.05, 0.1) is 19.8 Å². The molecule has 0 saturated carbocycles. The summed E-state index contributed by atoms with van der Waals surface area (Å²) in [5, 5.41) is 0. The Balaban J connectivity index is 1.89. The SMILES string of the molecule is CCCCOCCOCCc1cc[c]cc1. The summed E-state index contributed by atoms with van der Waals surface area (Å²) in [6.45, 7) is 5.19. The van der Waals surface area contributed by atoms with Gasteiger partial charge in [-0.3, -0.25) is 0 Å². The predicted molar refractivity (Wildman–Crippen MR) is 65.5 cm³/mol. The fourth-order valence-corrected chi connectivity index (χ4v) is 1.35. The zero-order valence-corrected chi connectivity index (χ0v) is 10.1. The molecule has 1 radical (unpaired) electrons. The molecule has 0 aliphatic carbocycles. The predicted octanol–water partition coefficient (Wildman–Crippen LogP) is 2.86. The first-order valence-electron chi connectivity index (χ1n) is 6.04. The average molecular weight is 221 g/mol. The van der Waals surface area contributed by atoms with Gasteiger partial charge in [0.25, 0.3) is 0 Å². The second-order valence-corrected chi connectivity index (χ2v) is 3.74. The van der Waals surface area contributed by atoms with E-state index in [2.05, 4.69) is 25.1 Å². The topological polar surface area (TPSA) is 18.5 Å². The fourth-order valence-electron chi connectivity index (χ4n) is 1.35. The van der Waals surface area contributed by atoms with Crippen LogP contribution in [0.2, 0.25) is 0 Å². The van der Waals surface area contributed by atoms with Crippen LogP contribution in [0.3, 0.4) is 0 Å². The van der Waals surface area contributed by atoms with Gasteiger partial charge in [-0.15, -0.1) is 0 Å². The Morgan fingerprint density at radius 2 is 1.69 bits per heavy atom. The summed E-state index contributed by atoms with van der Waals surface area (Å²) in [4.78, 5) is 0. The van der Waals surface area contributed by atoms with E-state index in [0.29, 0.717) is 13.2 Å². The molecule has 0 saturated heterocycles. The van der Waals surface area contributed by atoms with Crippen LogP contribution in [-0.2, 0) is 15.9 Å². The molecule has 0 aromatic heterocycles. The van der Waals surface area contributed by atoms with Crippen molar-refractivity contribution in [3.05, 3.63) is 35.9 Å². The molecule has 0 atom stereocenters. The van der Waals surface area contributed by atoms with E-state index in [4.69, 9.17) is 9.47 Å². The summed E-state index contributed by atoms with van der Waals surface area (Å²) in [5.41, 5.74) is 1.30. The highest BCUT2D eigenvalue weighted by Gasteiger charge is 1.92. The van der Waals surface area contributed by atoms with Crippen LogP contribution in [-0.4, -0.2) is 26.4 Å². The lowest BCUT2D eigenvalue weighted by atomic mass is 10.2. The average Bonchev–Trinajstić information content (AvgIpc) is 2.34. The molecule has 1 aromatic carbocycles. The molecule has 0 N–H and O–H groups in total. The molecule has 89 valence electrons. The highest BCUT2D eigenvalue weighted by Crippen LogP contribution is 1.99. The first kappa shape index (κ1) is 13.2. The molecule has 0 spiro atoms. The van der Waals surface area contributed by atoms with Crippen molar-refractivity contribution in [2.24, 2.45) is 0 Å². The molecule has 0 unspecified atom stereocenters. The molecular weight excluding hydrogens is 200 g/mol. The van der Waals surface area contributed by atoms with Crippen LogP contribution < -0.4 is 0 Å². The number of hydrogen-bond acceptors (Lipinski definition) is 2. The quantitative estimate of drug-likeness (QED) is 0.597. The molecule has 2 heteroatoms. The van der Waals surface area contributed by atoms with Gasteiger partial charge in [0.2, 0.25) is 0 Å². The van der Waals surface area contributed by atoms with Crippen molar-refractivity contribution in [1.29, 1.82) is 0 Å². The van der Waals surface area contributed by atoms with Crippen LogP contribution in [0.5, 0.6) is 0 Å². The molecule has 1 aromatic rings. The molecule has 0 amide bonds. The number of hydrogen-bond donors (Lipinski definition) is 0. The zero-order valence-electron chi connectivity index (χ0n) is 10.1. The first-order valence-corrected chi connectivity index (χ1v) is 6.04. The van der Waals surface area contributed by atoms with E-state index >= 15 is 0 Å². The third-order valence-electron chi connectivity index (χ3n) is 2.34. The third kappa shape index (κ3) is 6.59. The summed E-state index contributed by atoms with van der Waals surface area (Å²) in [6, 6.07) is 11.0. The highest BCUT2D eigenvalue weighted by molar-refractivity contribution is 5.13. The van der Waals surface area contributed by atoms with E-state index in [-0.39, 0.29) is 0 Å². The van der Waals surface area contributed by atoms with Gasteiger partial charge in [-0.2, -0.15) is 0 Å². The highest BCUT2D eigenvalue weighted by atomic mass is 16.5. The minimum Gasteiger partial charge on any atom is -0.379 e. The van der Waals surface area contributed by atoms with E-state index in [1.165, 1.54) is 12.0 Å². The van der Waals surface area contributed by atoms with Gasteiger partial charge in [0.1, 0.15) is 0 Å². The van der Waals surface area contributed by atoms with E-state index in [1.54, 1.807) is 0 Å². The van der Waals surface area contributed by atoms with Crippen molar-refractivity contribution >= 4 is 0 Å². The Morgan fingerprint density at radius 3 is 2.38 bits per heavy atom. The van der Waals surface area contributed by atoms with E-state index in [9.17, 15) is 0 Å². The lowest BCUT2D eigenvalue weighted by Gasteiger charge is -2.05. The molecule has 0 heterocycles. The van der Waals surface area contributed by atoms with Crippen LogP contribution in [0.4, 0.5) is 0 Å². The third-order valence-corrected chi connectivity index (χ3v) is 2.34. The van der Waals surface area contributed by atoms with E-state index in [1.807, 2.05) is 12.1 Å². The van der Waals surface area contributed by atoms with Crippen molar-refractivity contribution in [2.45, 2.75) is 26.2 Å². The largest absolute Gasteiger partial charge is 0.379 e. The van der Waals surface area contributed by atoms with Gasteiger partial charge in [-0.1, -0.05) is 37.6 Å². The normalized spacial score (nSPS) is 10.6. The second kappa shape index (κ2) is 9.37. The molecule has 0 aliphatic heterocycles. The van der Waals surface area contributed by atoms with E-state index in [0.717, 1.165) is 26.1 Å². The fraction of sp³-hybridized carbons (Fsp3) is 0.571. The van der Waals surface area contributed by atoms with E-state index < -0.39 is 0 Å². The molecule has 2 nitrogen and oxygen atoms in total. The van der Waals surface area contributed by atoms with Crippen LogP contribution in [0.15, 0.2) is 24.3 Å². The summed E-state index contributed by atoms with van der Waals surface area (Å²) in [5.74, 6) is 0. The number of unbranched alkanes of at least 4 members (excludes halogenated alkanes) is 1. The Morgan fingerprint density at radius 1 is 1.00 bits per heavy atom. The van der Waals surface area contributed by atoms with Crippen LogP contribution in [0.25, 0.3) is 0 Å². The monoisotopic (exact) mass is 221 g/mol. The lowest BCUT2D eigenvalue weighted by Crippen LogP contribution is -2.07. The smallest absolute Gasteiger partial charge is 0.0700 e. The Labute approximate surface area is 98.6 Å². The zero-order chi connectivity index (χ0) is 11.5. The maximum absolute atomic E-state index is 5.48. The van der Waals surface area contributed by atoms with Crippen molar-refractivity contribution in [3.8, 4) is 0 Å². The Bertz CT molecular complexity index is 246. The number of rotatable bonds is 9. The summed E-state index contributed by atoms with van der Waals surface area (Å²) in [6.07, 6.45) is 3.29. The van der Waals surface area contributed by atoms with Gasteiger partial charge in [-0.05, 0) is 24.5 Å². The number of benzene rings is 1. The van der Waals surface area contributed by atoms with Gasteiger partial charge in [-0.25, -0.2) is 0 Å². The molecule has 0 fully saturated rings. The molecule has 16 heavy (non-hydrogen) atoms. The van der Waals surface area contributed by atoms with Gasteiger partial charge < -0.3 is 9.47 Å². The van der Waals surface area contributed by atoms with Crippen LogP contribution >= 0.6 is 0 Å². The summed E-state index contributed by atoms with van der Waals surface area (Å²) < 4.78 is 10.9. The van der Waals surface area contributed by atoms with Crippen LogP contribution in [0.1, 0.15) is 25.3 Å². The molecule has 0 aliphatic rings. The molecular formula is C14H21O2. The standard InChI is InChI=1S/C14H21O2/c1-2-3-10-15-12-13-16-11-9-14-7-5-4-6-8-14/h5-8H,2-3,9-13H2,1H3. The first-order chi connectivity index (χ1) is 7.93. The summed E-state index contributed by atoms with van der Waals surface area (Å²) in [7, 11) is 0. The van der Waals surface area contributed by atoms with Crippen molar-refractivity contribution in [2.75, 3.05) is 26.4 Å². The Kier molecular flexibility index (Phi) is 7.74. The van der Waals surface area contributed by atoms with Gasteiger partial charge >= 0.3 is 0 Å². The van der Waals surface area contributed by atoms with Gasteiger partial charge in [0.15, 0.2) is 0 Å².